The SMILES string of the molecule is CN(C)CCc1noc(CC(N)c2ccccc2)n1.Cl.Cl. The van der Waals surface area contributed by atoms with Crippen molar-refractivity contribution in [2.45, 2.75) is 18.9 Å². The summed E-state index contributed by atoms with van der Waals surface area (Å²) in [5, 5.41) is 3.97. The molecule has 2 N–H and O–H groups in total. The van der Waals surface area contributed by atoms with E-state index in [0.29, 0.717) is 12.3 Å². The summed E-state index contributed by atoms with van der Waals surface area (Å²) in [6.45, 7) is 0.906. The molecule has 1 heterocycles. The lowest BCUT2D eigenvalue weighted by Gasteiger charge is -2.08. The van der Waals surface area contributed by atoms with Gasteiger partial charge in [-0.15, -0.1) is 24.8 Å². The largest absolute Gasteiger partial charge is 0.339 e. The molecule has 0 fully saturated rings. The van der Waals surface area contributed by atoms with E-state index in [2.05, 4.69) is 15.0 Å². The first-order chi connectivity index (χ1) is 9.15. The zero-order chi connectivity index (χ0) is 13.7. The van der Waals surface area contributed by atoms with E-state index in [1.54, 1.807) is 0 Å². The van der Waals surface area contributed by atoms with E-state index >= 15 is 0 Å². The number of hydrogen-bond donors (Lipinski definition) is 1. The molecule has 1 aromatic carbocycles. The molecule has 0 spiro atoms. The predicted octanol–water partition coefficient (Wildman–Crippen LogP) is 2.26. The molecule has 0 aliphatic rings. The van der Waals surface area contributed by atoms with Crippen molar-refractivity contribution < 1.29 is 4.52 Å². The van der Waals surface area contributed by atoms with Crippen LogP contribution >= 0.6 is 24.8 Å². The molecule has 0 saturated heterocycles. The van der Waals surface area contributed by atoms with Gasteiger partial charge in [0.15, 0.2) is 5.82 Å². The average Bonchev–Trinajstić information content (AvgIpc) is 2.85. The summed E-state index contributed by atoms with van der Waals surface area (Å²) in [5.74, 6) is 1.34. The van der Waals surface area contributed by atoms with Gasteiger partial charge in [-0.1, -0.05) is 35.5 Å². The van der Waals surface area contributed by atoms with Crippen molar-refractivity contribution in [3.05, 3.63) is 47.6 Å². The van der Waals surface area contributed by atoms with Crippen LogP contribution in [-0.2, 0) is 12.8 Å². The van der Waals surface area contributed by atoms with Gasteiger partial charge in [0.1, 0.15) is 0 Å². The van der Waals surface area contributed by atoms with Gasteiger partial charge in [-0.05, 0) is 19.7 Å². The van der Waals surface area contributed by atoms with Crippen molar-refractivity contribution in [1.82, 2.24) is 15.0 Å². The lowest BCUT2D eigenvalue weighted by atomic mass is 10.1. The molecule has 0 aliphatic heterocycles. The van der Waals surface area contributed by atoms with Crippen LogP contribution in [0.15, 0.2) is 34.9 Å². The minimum Gasteiger partial charge on any atom is -0.339 e. The van der Waals surface area contributed by atoms with Crippen molar-refractivity contribution in [3.8, 4) is 0 Å². The molecule has 1 aromatic heterocycles. The summed E-state index contributed by atoms with van der Waals surface area (Å²) >= 11 is 0. The summed E-state index contributed by atoms with van der Waals surface area (Å²) in [4.78, 5) is 6.45. The van der Waals surface area contributed by atoms with Crippen LogP contribution in [0.1, 0.15) is 23.3 Å². The van der Waals surface area contributed by atoms with E-state index in [1.165, 1.54) is 0 Å². The number of hydrogen-bond acceptors (Lipinski definition) is 5. The van der Waals surface area contributed by atoms with Crippen LogP contribution in [0.2, 0.25) is 0 Å². The minimum absolute atomic E-state index is 0. The Morgan fingerprint density at radius 3 is 2.48 bits per heavy atom. The molecule has 2 aromatic rings. The Morgan fingerprint density at radius 2 is 1.86 bits per heavy atom. The van der Waals surface area contributed by atoms with Gasteiger partial charge in [0, 0.05) is 25.4 Å². The van der Waals surface area contributed by atoms with Gasteiger partial charge in [0.05, 0.1) is 0 Å². The van der Waals surface area contributed by atoms with Crippen molar-refractivity contribution >= 4 is 24.8 Å². The first-order valence-corrected chi connectivity index (χ1v) is 6.42. The zero-order valence-electron chi connectivity index (χ0n) is 12.2. The fraction of sp³-hybridized carbons (Fsp3) is 0.429. The van der Waals surface area contributed by atoms with E-state index in [1.807, 2.05) is 44.4 Å². The Morgan fingerprint density at radius 1 is 1.19 bits per heavy atom. The molecule has 2 rings (SSSR count). The third-order valence-electron chi connectivity index (χ3n) is 2.92. The third-order valence-corrected chi connectivity index (χ3v) is 2.92. The molecule has 21 heavy (non-hydrogen) atoms. The topological polar surface area (TPSA) is 68.2 Å². The van der Waals surface area contributed by atoms with Gasteiger partial charge in [-0.2, -0.15) is 4.98 Å². The molecule has 0 amide bonds. The highest BCUT2D eigenvalue weighted by molar-refractivity contribution is 5.85. The lowest BCUT2D eigenvalue weighted by Crippen LogP contribution is -2.16. The molecule has 0 saturated carbocycles. The van der Waals surface area contributed by atoms with Crippen molar-refractivity contribution in [2.24, 2.45) is 5.73 Å². The average molecular weight is 333 g/mol. The Kier molecular flexibility index (Phi) is 9.21. The number of benzene rings is 1. The first-order valence-electron chi connectivity index (χ1n) is 6.42. The maximum Gasteiger partial charge on any atom is 0.228 e. The monoisotopic (exact) mass is 332 g/mol. The molecular weight excluding hydrogens is 311 g/mol. The quantitative estimate of drug-likeness (QED) is 0.878. The van der Waals surface area contributed by atoms with Gasteiger partial charge in [0.25, 0.3) is 0 Å². The first kappa shape index (κ1) is 19.9. The second kappa shape index (κ2) is 9.73. The standard InChI is InChI=1S/C14H20N4O.2ClH/c1-18(2)9-8-13-16-14(19-17-13)10-12(15)11-6-4-3-5-7-11;;/h3-7,12H,8-10,15H2,1-2H3;2*1H. The summed E-state index contributed by atoms with van der Waals surface area (Å²) in [5.41, 5.74) is 7.20. The van der Waals surface area contributed by atoms with E-state index < -0.39 is 0 Å². The van der Waals surface area contributed by atoms with Gasteiger partial charge in [0.2, 0.25) is 5.89 Å². The van der Waals surface area contributed by atoms with Crippen molar-refractivity contribution in [2.75, 3.05) is 20.6 Å². The van der Waals surface area contributed by atoms with Crippen LogP contribution in [0.3, 0.4) is 0 Å². The Hall–Kier alpha value is -1.14. The molecule has 118 valence electrons. The molecule has 5 nitrogen and oxygen atoms in total. The summed E-state index contributed by atoms with van der Waals surface area (Å²) in [6.07, 6.45) is 1.36. The molecule has 7 heteroatoms. The van der Waals surface area contributed by atoms with Crippen LogP contribution in [0, 0.1) is 0 Å². The second-order valence-electron chi connectivity index (χ2n) is 4.88. The molecule has 0 radical (unpaired) electrons. The smallest absolute Gasteiger partial charge is 0.228 e. The maximum atomic E-state index is 6.12. The highest BCUT2D eigenvalue weighted by atomic mass is 35.5. The third kappa shape index (κ3) is 6.44. The van der Waals surface area contributed by atoms with Gasteiger partial charge < -0.3 is 15.2 Å². The Labute approximate surface area is 137 Å². The van der Waals surface area contributed by atoms with E-state index in [9.17, 15) is 0 Å². The normalized spacial score (nSPS) is 11.6. The molecule has 0 bridgehead atoms. The molecule has 1 unspecified atom stereocenters. The minimum atomic E-state index is -0.108. The maximum absolute atomic E-state index is 6.12. The number of likely N-dealkylation sites (N-methyl/N-ethyl adjacent to an activating group) is 1. The van der Waals surface area contributed by atoms with Crippen molar-refractivity contribution in [3.63, 3.8) is 0 Å². The molecule has 1 atom stereocenters. The summed E-state index contributed by atoms with van der Waals surface area (Å²) in [7, 11) is 4.04. The van der Waals surface area contributed by atoms with E-state index in [-0.39, 0.29) is 30.9 Å². The highest BCUT2D eigenvalue weighted by Gasteiger charge is 2.12. The lowest BCUT2D eigenvalue weighted by molar-refractivity contribution is 0.359. The van der Waals surface area contributed by atoms with E-state index in [0.717, 1.165) is 24.4 Å². The van der Waals surface area contributed by atoms with Gasteiger partial charge in [-0.3, -0.25) is 0 Å². The predicted molar refractivity (Wildman–Crippen MR) is 88.1 cm³/mol. The van der Waals surface area contributed by atoms with Crippen LogP contribution in [-0.4, -0.2) is 35.7 Å². The Balaban J connectivity index is 0.00000200. The summed E-state index contributed by atoms with van der Waals surface area (Å²) < 4.78 is 5.23. The fourth-order valence-electron chi connectivity index (χ4n) is 1.80. The van der Waals surface area contributed by atoms with Crippen LogP contribution in [0.25, 0.3) is 0 Å². The van der Waals surface area contributed by atoms with Crippen molar-refractivity contribution in [1.29, 1.82) is 0 Å². The number of halogens is 2. The van der Waals surface area contributed by atoms with Crippen LogP contribution in [0.4, 0.5) is 0 Å². The molecular formula is C14H22Cl2N4O. The zero-order valence-corrected chi connectivity index (χ0v) is 13.9. The highest BCUT2D eigenvalue weighted by Crippen LogP contribution is 2.14. The van der Waals surface area contributed by atoms with Crippen LogP contribution < -0.4 is 5.73 Å². The van der Waals surface area contributed by atoms with Gasteiger partial charge in [-0.25, -0.2) is 0 Å². The van der Waals surface area contributed by atoms with Crippen LogP contribution in [0.5, 0.6) is 0 Å². The second-order valence-corrected chi connectivity index (χ2v) is 4.88. The number of nitrogens with two attached hydrogens (primary N) is 1. The number of aromatic nitrogens is 2. The van der Waals surface area contributed by atoms with E-state index in [4.69, 9.17) is 10.3 Å². The number of rotatable bonds is 6. The molecule has 0 aliphatic carbocycles. The number of nitrogens with zero attached hydrogens (tertiary/aromatic N) is 3. The summed E-state index contributed by atoms with van der Waals surface area (Å²) in [6, 6.07) is 9.84. The van der Waals surface area contributed by atoms with Gasteiger partial charge >= 0.3 is 0 Å². The fourth-order valence-corrected chi connectivity index (χ4v) is 1.80. The Bertz CT molecular complexity index is 505.